The Morgan fingerprint density at radius 3 is 2.41 bits per heavy atom. The first-order valence-electron chi connectivity index (χ1n) is 4.92. The van der Waals surface area contributed by atoms with Gasteiger partial charge < -0.3 is 0 Å². The van der Waals surface area contributed by atoms with Crippen LogP contribution in [0, 0.1) is 5.82 Å². The molecule has 0 heterocycles. The van der Waals surface area contributed by atoms with Crippen molar-refractivity contribution in [3.63, 3.8) is 0 Å². The molecule has 0 fully saturated rings. The molecule has 1 aromatic carbocycles. The summed E-state index contributed by atoms with van der Waals surface area (Å²) in [5.74, 6) is -0.326. The van der Waals surface area contributed by atoms with Crippen LogP contribution in [-0.4, -0.2) is 3.79 Å². The van der Waals surface area contributed by atoms with Crippen molar-refractivity contribution in [3.8, 4) is 0 Å². The zero-order valence-corrected chi connectivity index (χ0v) is 12.6. The molecule has 0 aromatic heterocycles. The maximum atomic E-state index is 13.7. The number of hydrogen-bond acceptors (Lipinski definition) is 2. The van der Waals surface area contributed by atoms with Crippen LogP contribution in [-0.2, 0) is 4.79 Å². The van der Waals surface area contributed by atoms with E-state index in [4.69, 9.17) is 0 Å². The third kappa shape index (κ3) is 3.96. The summed E-state index contributed by atoms with van der Waals surface area (Å²) in [5.41, 5.74) is 0.992. The lowest BCUT2D eigenvalue weighted by atomic mass is 10.1. The zero-order valence-electron chi connectivity index (χ0n) is 9.59. The Balaban J connectivity index is 3.35. The standard InChI is InChI=1S/C13H12FIOS/c1-8(2)17-12(9(3)13(15)16)10-6-4-5-7-11(10)14/h4-7H,1H2,2-3H3/b12-9+. The van der Waals surface area contributed by atoms with Crippen LogP contribution in [0.25, 0.3) is 4.91 Å². The Bertz CT molecular complexity index is 494. The van der Waals surface area contributed by atoms with E-state index in [2.05, 4.69) is 6.58 Å². The van der Waals surface area contributed by atoms with Crippen molar-refractivity contribution in [2.24, 2.45) is 0 Å². The number of thioether (sulfide) groups is 1. The van der Waals surface area contributed by atoms with Crippen molar-refractivity contribution in [3.05, 3.63) is 52.7 Å². The molecule has 0 amide bonds. The molecule has 1 nitrogen and oxygen atoms in total. The minimum absolute atomic E-state index is 0.0883. The van der Waals surface area contributed by atoms with E-state index in [1.165, 1.54) is 17.8 Å². The van der Waals surface area contributed by atoms with Crippen molar-refractivity contribution in [1.82, 2.24) is 0 Å². The number of halogens is 2. The van der Waals surface area contributed by atoms with Crippen molar-refractivity contribution < 1.29 is 9.18 Å². The molecule has 0 saturated carbocycles. The van der Waals surface area contributed by atoms with Crippen molar-refractivity contribution in [2.45, 2.75) is 13.8 Å². The fourth-order valence-corrected chi connectivity index (χ4v) is 2.56. The average Bonchev–Trinajstić information content (AvgIpc) is 2.25. The van der Waals surface area contributed by atoms with Gasteiger partial charge >= 0.3 is 0 Å². The van der Waals surface area contributed by atoms with E-state index in [-0.39, 0.29) is 9.61 Å². The second-order valence-electron chi connectivity index (χ2n) is 3.51. The monoisotopic (exact) mass is 362 g/mol. The highest BCUT2D eigenvalue weighted by molar-refractivity contribution is 14.1. The minimum atomic E-state index is -0.326. The number of allylic oxidation sites excluding steroid dienone is 2. The molecule has 0 aliphatic rings. The maximum absolute atomic E-state index is 13.7. The van der Waals surface area contributed by atoms with Crippen molar-refractivity contribution >= 4 is 43.0 Å². The van der Waals surface area contributed by atoms with Gasteiger partial charge in [0.25, 0.3) is 0 Å². The SMILES string of the molecule is C=C(C)S/C(=C(\C)C(=O)I)c1ccccc1F. The molecule has 4 heteroatoms. The summed E-state index contributed by atoms with van der Waals surface area (Å²) >= 11 is 3.03. The lowest BCUT2D eigenvalue weighted by Crippen LogP contribution is -1.95. The van der Waals surface area contributed by atoms with Crippen LogP contribution in [0.1, 0.15) is 19.4 Å². The number of carbonyl (C=O) groups excluding carboxylic acids is 1. The van der Waals surface area contributed by atoms with Crippen LogP contribution in [0.5, 0.6) is 0 Å². The van der Waals surface area contributed by atoms with Gasteiger partial charge in [0.05, 0.1) is 0 Å². The third-order valence-corrected chi connectivity index (χ3v) is 3.92. The molecule has 1 rings (SSSR count). The second-order valence-corrected chi connectivity index (χ2v) is 5.80. The van der Waals surface area contributed by atoms with Crippen LogP contribution in [0.4, 0.5) is 4.39 Å². The predicted molar refractivity (Wildman–Crippen MR) is 80.4 cm³/mol. The summed E-state index contributed by atoms with van der Waals surface area (Å²) in [4.78, 5) is 12.9. The van der Waals surface area contributed by atoms with Gasteiger partial charge in [0.2, 0.25) is 3.79 Å². The number of rotatable bonds is 4. The van der Waals surface area contributed by atoms with Crippen molar-refractivity contribution in [2.75, 3.05) is 0 Å². The van der Waals surface area contributed by atoms with E-state index in [1.807, 2.05) is 6.92 Å². The van der Waals surface area contributed by atoms with E-state index >= 15 is 0 Å². The van der Waals surface area contributed by atoms with Crippen LogP contribution in [0.3, 0.4) is 0 Å². The highest BCUT2D eigenvalue weighted by atomic mass is 127. The molecular formula is C13H12FIOS. The molecule has 0 aliphatic heterocycles. The molecule has 0 atom stereocenters. The van der Waals surface area contributed by atoms with E-state index in [1.54, 1.807) is 47.7 Å². The molecule has 0 spiro atoms. The van der Waals surface area contributed by atoms with E-state index < -0.39 is 0 Å². The Hall–Kier alpha value is -0.620. The lowest BCUT2D eigenvalue weighted by molar-refractivity contribution is -0.106. The number of carbonyl (C=O) groups is 1. The van der Waals surface area contributed by atoms with Gasteiger partial charge in [-0.2, -0.15) is 0 Å². The Labute approximate surface area is 118 Å². The van der Waals surface area contributed by atoms with Gasteiger partial charge in [-0.15, -0.1) is 0 Å². The van der Waals surface area contributed by atoms with Crippen molar-refractivity contribution in [1.29, 1.82) is 0 Å². The topological polar surface area (TPSA) is 17.1 Å². The fourth-order valence-electron chi connectivity index (χ4n) is 1.24. The molecule has 0 bridgehead atoms. The first kappa shape index (κ1) is 14.4. The van der Waals surface area contributed by atoms with Gasteiger partial charge in [0.15, 0.2) is 0 Å². The molecule has 0 saturated heterocycles. The van der Waals surface area contributed by atoms with Gasteiger partial charge in [-0.25, -0.2) is 4.39 Å². The van der Waals surface area contributed by atoms with Gasteiger partial charge in [0.1, 0.15) is 5.82 Å². The van der Waals surface area contributed by atoms with E-state index in [0.29, 0.717) is 16.0 Å². The zero-order chi connectivity index (χ0) is 13.0. The Morgan fingerprint density at radius 2 is 1.94 bits per heavy atom. The van der Waals surface area contributed by atoms with Crippen LogP contribution < -0.4 is 0 Å². The highest BCUT2D eigenvalue weighted by Crippen LogP contribution is 2.37. The number of benzene rings is 1. The summed E-state index contributed by atoms with van der Waals surface area (Å²) in [6, 6.07) is 6.44. The summed E-state index contributed by atoms with van der Waals surface area (Å²) in [6.45, 7) is 7.32. The molecule has 0 aliphatic carbocycles. The predicted octanol–water partition coefficient (Wildman–Crippen LogP) is 4.79. The molecular weight excluding hydrogens is 350 g/mol. The highest BCUT2D eigenvalue weighted by Gasteiger charge is 2.14. The number of hydrogen-bond donors (Lipinski definition) is 0. The van der Waals surface area contributed by atoms with Crippen LogP contribution in [0.2, 0.25) is 0 Å². The average molecular weight is 362 g/mol. The molecule has 0 radical (unpaired) electrons. The van der Waals surface area contributed by atoms with Gasteiger partial charge in [-0.1, -0.05) is 36.5 Å². The minimum Gasteiger partial charge on any atom is -0.283 e. The largest absolute Gasteiger partial charge is 0.283 e. The first-order chi connectivity index (χ1) is 7.93. The van der Waals surface area contributed by atoms with E-state index in [0.717, 1.165) is 4.91 Å². The van der Waals surface area contributed by atoms with Gasteiger partial charge in [-0.3, -0.25) is 4.79 Å². The molecule has 0 unspecified atom stereocenters. The fraction of sp³-hybridized carbons (Fsp3) is 0.154. The summed E-state index contributed by atoms with van der Waals surface area (Å²) in [7, 11) is 0. The molecule has 90 valence electrons. The summed E-state index contributed by atoms with van der Waals surface area (Å²) in [6.07, 6.45) is 0. The van der Waals surface area contributed by atoms with Crippen LogP contribution >= 0.6 is 34.4 Å². The van der Waals surface area contributed by atoms with Crippen LogP contribution in [0.15, 0.2) is 41.3 Å². The normalized spacial score (nSPS) is 12.0. The van der Waals surface area contributed by atoms with Gasteiger partial charge in [-0.05, 0) is 24.8 Å². The first-order valence-corrected chi connectivity index (χ1v) is 6.82. The lowest BCUT2D eigenvalue weighted by Gasteiger charge is -2.10. The summed E-state index contributed by atoms with van der Waals surface area (Å²) < 4.78 is 13.6. The quantitative estimate of drug-likeness (QED) is 0.435. The maximum Gasteiger partial charge on any atom is 0.219 e. The molecule has 0 N–H and O–H groups in total. The second kappa shape index (κ2) is 6.35. The Morgan fingerprint density at radius 1 is 1.35 bits per heavy atom. The molecule has 17 heavy (non-hydrogen) atoms. The third-order valence-electron chi connectivity index (χ3n) is 2.03. The Kier molecular flexibility index (Phi) is 5.39. The van der Waals surface area contributed by atoms with Gasteiger partial charge in [0, 0.05) is 38.6 Å². The molecule has 1 aromatic rings. The summed E-state index contributed by atoms with van der Waals surface area (Å²) in [5, 5.41) is 0. The smallest absolute Gasteiger partial charge is 0.219 e. The van der Waals surface area contributed by atoms with E-state index in [9.17, 15) is 9.18 Å².